The number of halogens is 1. The van der Waals surface area contributed by atoms with E-state index in [1.165, 1.54) is 11.3 Å². The number of nitrogens with zero attached hydrogens (tertiary/aromatic N) is 2. The van der Waals surface area contributed by atoms with E-state index < -0.39 is 12.0 Å². The van der Waals surface area contributed by atoms with Crippen LogP contribution in [-0.2, 0) is 9.53 Å². The van der Waals surface area contributed by atoms with E-state index >= 15 is 0 Å². The number of hydrogen-bond donors (Lipinski definition) is 0. The van der Waals surface area contributed by atoms with Gasteiger partial charge >= 0.3 is 5.97 Å². The van der Waals surface area contributed by atoms with Gasteiger partial charge < -0.3 is 14.2 Å². The highest BCUT2D eigenvalue weighted by Crippen LogP contribution is 2.37. The van der Waals surface area contributed by atoms with Crippen molar-refractivity contribution in [3.05, 3.63) is 120 Å². The molecule has 0 spiro atoms. The molecular formula is C29H21ClN2O5S. The van der Waals surface area contributed by atoms with Crippen molar-refractivity contribution in [1.29, 1.82) is 0 Å². The quantitative estimate of drug-likeness (QED) is 0.350. The van der Waals surface area contributed by atoms with Crippen LogP contribution in [0.4, 0.5) is 0 Å². The molecule has 0 saturated heterocycles. The van der Waals surface area contributed by atoms with Crippen molar-refractivity contribution in [2.75, 3.05) is 13.4 Å². The summed E-state index contributed by atoms with van der Waals surface area (Å²) < 4.78 is 18.3. The number of aromatic nitrogens is 1. The van der Waals surface area contributed by atoms with Crippen molar-refractivity contribution in [2.45, 2.75) is 13.0 Å². The summed E-state index contributed by atoms with van der Waals surface area (Å²) in [6.45, 7) is 2.06. The smallest absolute Gasteiger partial charge is 0.338 e. The van der Waals surface area contributed by atoms with Crippen LogP contribution in [0.15, 0.2) is 88.2 Å². The summed E-state index contributed by atoms with van der Waals surface area (Å²) in [4.78, 5) is 32.7. The summed E-state index contributed by atoms with van der Waals surface area (Å²) in [5.74, 6) is 0.605. The number of carbonyl (C=O) groups excluding carboxylic acids is 1. The SMILES string of the molecule is CCOC(=O)C1=C(c2ccccc2)N=c2s/c(=C/c3cc4c(cc3Cl)OCO4)c(=O)n2[C@H]1c1ccccc1. The normalized spacial score (nSPS) is 16.3. The minimum Gasteiger partial charge on any atom is -0.463 e. The number of fused-ring (bicyclic) bond motifs is 2. The number of rotatable bonds is 5. The predicted octanol–water partition coefficient (Wildman–Crippen LogP) is 4.32. The topological polar surface area (TPSA) is 79.1 Å². The van der Waals surface area contributed by atoms with Crippen molar-refractivity contribution in [1.82, 2.24) is 4.57 Å². The van der Waals surface area contributed by atoms with Gasteiger partial charge in [-0.2, -0.15) is 0 Å². The lowest BCUT2D eigenvalue weighted by molar-refractivity contribution is -0.138. The summed E-state index contributed by atoms with van der Waals surface area (Å²) in [5.41, 5.74) is 2.65. The lowest BCUT2D eigenvalue weighted by atomic mass is 9.93. The molecule has 2 aliphatic rings. The van der Waals surface area contributed by atoms with Crippen molar-refractivity contribution < 1.29 is 19.0 Å². The lowest BCUT2D eigenvalue weighted by Gasteiger charge is -2.25. The van der Waals surface area contributed by atoms with Gasteiger partial charge in [-0.3, -0.25) is 9.36 Å². The molecule has 0 amide bonds. The number of benzene rings is 3. The van der Waals surface area contributed by atoms with Crippen molar-refractivity contribution in [3.8, 4) is 11.5 Å². The molecule has 6 rings (SSSR count). The van der Waals surface area contributed by atoms with Gasteiger partial charge in [0, 0.05) is 11.6 Å². The highest BCUT2D eigenvalue weighted by molar-refractivity contribution is 7.07. The van der Waals surface area contributed by atoms with Gasteiger partial charge in [-0.1, -0.05) is 83.6 Å². The van der Waals surface area contributed by atoms with Crippen LogP contribution in [0.2, 0.25) is 5.02 Å². The first kappa shape index (κ1) is 24.2. The maximum atomic E-state index is 13.9. The Hall–Kier alpha value is -4.14. The predicted molar refractivity (Wildman–Crippen MR) is 145 cm³/mol. The fraction of sp³-hybridized carbons (Fsp3) is 0.138. The Morgan fingerprint density at radius 3 is 2.50 bits per heavy atom. The largest absolute Gasteiger partial charge is 0.463 e. The number of thiazole rings is 1. The molecule has 3 aromatic carbocycles. The van der Waals surface area contributed by atoms with Crippen molar-refractivity contribution in [2.24, 2.45) is 4.99 Å². The molecule has 4 aromatic rings. The van der Waals surface area contributed by atoms with E-state index in [0.29, 0.717) is 42.7 Å². The maximum Gasteiger partial charge on any atom is 0.338 e. The van der Waals surface area contributed by atoms with Crippen molar-refractivity contribution >= 4 is 40.7 Å². The third kappa shape index (κ3) is 4.21. The van der Waals surface area contributed by atoms with Crippen LogP contribution >= 0.6 is 22.9 Å². The molecule has 38 heavy (non-hydrogen) atoms. The van der Waals surface area contributed by atoms with Gasteiger partial charge in [0.25, 0.3) is 5.56 Å². The van der Waals surface area contributed by atoms with E-state index in [0.717, 1.165) is 11.1 Å². The average molecular weight is 545 g/mol. The van der Waals surface area contributed by atoms with Gasteiger partial charge in [-0.05, 0) is 30.2 Å². The molecule has 1 atom stereocenters. The van der Waals surface area contributed by atoms with Gasteiger partial charge in [-0.15, -0.1) is 0 Å². The molecule has 0 N–H and O–H groups in total. The Morgan fingerprint density at radius 2 is 1.79 bits per heavy atom. The first-order valence-corrected chi connectivity index (χ1v) is 13.2. The zero-order chi connectivity index (χ0) is 26.2. The second-order valence-corrected chi connectivity index (χ2v) is 9.99. The Kier molecular flexibility index (Phi) is 6.35. The summed E-state index contributed by atoms with van der Waals surface area (Å²) >= 11 is 7.73. The average Bonchev–Trinajstić information content (AvgIpc) is 3.52. The molecule has 0 fully saturated rings. The molecule has 0 saturated carbocycles. The molecule has 7 nitrogen and oxygen atoms in total. The van der Waals surface area contributed by atoms with E-state index in [9.17, 15) is 9.59 Å². The first-order valence-electron chi connectivity index (χ1n) is 12.0. The Bertz CT molecular complexity index is 1760. The molecule has 0 radical (unpaired) electrons. The first-order chi connectivity index (χ1) is 18.5. The van der Waals surface area contributed by atoms with Gasteiger partial charge in [0.15, 0.2) is 16.3 Å². The summed E-state index contributed by atoms with van der Waals surface area (Å²) in [5, 5.41) is 0.428. The fourth-order valence-corrected chi connectivity index (χ4v) is 5.78. The van der Waals surface area contributed by atoms with Gasteiger partial charge in [0.2, 0.25) is 6.79 Å². The van der Waals surface area contributed by atoms with Crippen LogP contribution in [-0.4, -0.2) is 23.9 Å². The summed E-state index contributed by atoms with van der Waals surface area (Å²) in [6, 6.07) is 21.6. The number of hydrogen-bond acceptors (Lipinski definition) is 7. The monoisotopic (exact) mass is 544 g/mol. The van der Waals surface area contributed by atoms with Crippen LogP contribution in [0.3, 0.4) is 0 Å². The molecular weight excluding hydrogens is 524 g/mol. The zero-order valence-corrected chi connectivity index (χ0v) is 21.8. The summed E-state index contributed by atoms with van der Waals surface area (Å²) in [7, 11) is 0. The number of ether oxygens (including phenoxy) is 3. The molecule has 0 aliphatic carbocycles. The Balaban J connectivity index is 1.62. The lowest BCUT2D eigenvalue weighted by Crippen LogP contribution is -2.40. The number of carbonyl (C=O) groups is 1. The van der Waals surface area contributed by atoms with Crippen LogP contribution < -0.4 is 24.4 Å². The maximum absolute atomic E-state index is 13.9. The van der Waals surface area contributed by atoms with Gasteiger partial charge in [0.05, 0.1) is 33.5 Å². The second-order valence-electron chi connectivity index (χ2n) is 8.57. The third-order valence-electron chi connectivity index (χ3n) is 6.27. The van der Waals surface area contributed by atoms with Gasteiger partial charge in [0.1, 0.15) is 0 Å². The molecule has 3 heterocycles. The van der Waals surface area contributed by atoms with Crippen molar-refractivity contribution in [3.63, 3.8) is 0 Å². The van der Waals surface area contributed by atoms with Crippen LogP contribution in [0.5, 0.6) is 11.5 Å². The molecule has 1 aromatic heterocycles. The number of esters is 1. The zero-order valence-electron chi connectivity index (χ0n) is 20.2. The van der Waals surface area contributed by atoms with E-state index in [-0.39, 0.29) is 19.0 Å². The highest BCUT2D eigenvalue weighted by atomic mass is 35.5. The fourth-order valence-electron chi connectivity index (χ4n) is 4.58. The van der Waals surface area contributed by atoms with E-state index in [1.807, 2.05) is 60.7 Å². The summed E-state index contributed by atoms with van der Waals surface area (Å²) in [6.07, 6.45) is 1.71. The van der Waals surface area contributed by atoms with Crippen LogP contribution in [0.25, 0.3) is 11.8 Å². The molecule has 190 valence electrons. The van der Waals surface area contributed by atoms with Crippen LogP contribution in [0.1, 0.15) is 29.7 Å². The third-order valence-corrected chi connectivity index (χ3v) is 7.58. The molecule has 9 heteroatoms. The Labute approximate surface area is 226 Å². The minimum absolute atomic E-state index is 0.118. The second kappa shape index (κ2) is 9.96. The molecule has 0 bridgehead atoms. The molecule has 0 unspecified atom stereocenters. The Morgan fingerprint density at radius 1 is 1.11 bits per heavy atom. The molecule has 2 aliphatic heterocycles. The van der Waals surface area contributed by atoms with Crippen LogP contribution in [0, 0.1) is 0 Å². The minimum atomic E-state index is -0.726. The van der Waals surface area contributed by atoms with E-state index in [1.54, 1.807) is 29.7 Å². The van der Waals surface area contributed by atoms with E-state index in [4.69, 9.17) is 30.8 Å². The van der Waals surface area contributed by atoms with E-state index in [2.05, 4.69) is 0 Å². The van der Waals surface area contributed by atoms with Gasteiger partial charge in [-0.25, -0.2) is 9.79 Å². The standard InChI is InChI=1S/C29H21ClN2O5S/c1-2-35-28(34)24-25(17-9-5-3-6-10-17)31-29-32(26(24)18-11-7-4-8-12-18)27(33)23(38-29)14-19-13-21-22(15-20(19)30)37-16-36-21/h3-15,26H,2,16H2,1H3/b23-14+/t26-/m0/s1. The highest BCUT2D eigenvalue weighted by Gasteiger charge is 2.35.